The van der Waals surface area contributed by atoms with E-state index in [1.807, 2.05) is 0 Å². The van der Waals surface area contributed by atoms with Crippen LogP contribution < -0.4 is 16.9 Å². The summed E-state index contributed by atoms with van der Waals surface area (Å²) in [5.74, 6) is 1.88. The molecule has 0 saturated carbocycles. The number of aromatic nitrogens is 1. The molecule has 0 spiro atoms. The van der Waals surface area contributed by atoms with Crippen LogP contribution in [-0.4, -0.2) is 65.7 Å². The van der Waals surface area contributed by atoms with Crippen molar-refractivity contribution in [2.75, 3.05) is 20.2 Å². The first-order chi connectivity index (χ1) is 16.6. The molecular formula is C22H26F3N7O2S. The Morgan fingerprint density at radius 3 is 2.63 bits per heavy atom. The third kappa shape index (κ3) is 6.57. The Bertz CT molecular complexity index is 1110. The molecule has 0 bridgehead atoms. The van der Waals surface area contributed by atoms with Crippen LogP contribution in [0.2, 0.25) is 0 Å². The number of likely N-dealkylation sites (tertiary alicyclic amines) is 1. The summed E-state index contributed by atoms with van der Waals surface area (Å²) in [6.45, 7) is 1.19. The number of esters is 1. The smallest absolute Gasteiger partial charge is 0.337 e. The van der Waals surface area contributed by atoms with Crippen LogP contribution in [-0.2, 0) is 9.53 Å². The number of nitrogens with one attached hydrogen (secondary N) is 1. The molecule has 4 rings (SSSR count). The first kappa shape index (κ1) is 26.2. The summed E-state index contributed by atoms with van der Waals surface area (Å²) in [5.41, 5.74) is 6.41. The number of methoxy groups -OCH3 is 1. The van der Waals surface area contributed by atoms with Gasteiger partial charge in [0, 0.05) is 30.2 Å². The minimum absolute atomic E-state index is 0.00432. The second-order valence-electron chi connectivity index (χ2n) is 7.83. The lowest BCUT2D eigenvalue weighted by atomic mass is 10.0. The molecule has 0 radical (unpaired) electrons. The second kappa shape index (κ2) is 11.3. The summed E-state index contributed by atoms with van der Waals surface area (Å²) in [6.07, 6.45) is 1.13. The van der Waals surface area contributed by atoms with Crippen LogP contribution in [0.1, 0.15) is 18.4 Å². The average molecular weight is 510 g/mol. The Balaban J connectivity index is 0.000000420. The number of ether oxygens (including phenoxy) is 1. The van der Waals surface area contributed by atoms with Crippen LogP contribution in [0.5, 0.6) is 0 Å². The van der Waals surface area contributed by atoms with Gasteiger partial charge in [-0.15, -0.1) is 11.3 Å². The molecule has 0 aliphatic carbocycles. The number of hydrogen-bond donors (Lipinski definition) is 3. The van der Waals surface area contributed by atoms with Gasteiger partial charge in [0.2, 0.25) is 0 Å². The zero-order valence-electron chi connectivity index (χ0n) is 19.1. The van der Waals surface area contributed by atoms with Gasteiger partial charge < -0.3 is 21.6 Å². The van der Waals surface area contributed by atoms with Gasteiger partial charge in [-0.2, -0.15) is 5.10 Å². The Morgan fingerprint density at radius 2 is 2.09 bits per heavy atom. The molecule has 1 saturated heterocycles. The molecular weight excluding hydrogens is 483 g/mol. The Kier molecular flexibility index (Phi) is 8.46. The average Bonchev–Trinajstić information content (AvgIpc) is 3.46. The summed E-state index contributed by atoms with van der Waals surface area (Å²) in [7, 11) is 1.26. The first-order valence-electron chi connectivity index (χ1n) is 10.6. The summed E-state index contributed by atoms with van der Waals surface area (Å²) in [6, 6.07) is 6.56. The lowest BCUT2D eigenvalue weighted by Crippen LogP contribution is -2.46. The predicted molar refractivity (Wildman–Crippen MR) is 127 cm³/mol. The molecule has 1 aromatic heterocycles. The van der Waals surface area contributed by atoms with Gasteiger partial charge in [-0.25, -0.2) is 22.9 Å². The molecule has 3 heterocycles. The number of carbonyl (C=O) groups excluding carboxylic acids is 1. The molecule has 9 nitrogen and oxygen atoms in total. The van der Waals surface area contributed by atoms with E-state index in [-0.39, 0.29) is 23.8 Å². The minimum Gasteiger partial charge on any atom is -0.466 e. The summed E-state index contributed by atoms with van der Waals surface area (Å²) in [4.78, 5) is 22.4. The van der Waals surface area contributed by atoms with E-state index in [1.165, 1.54) is 35.5 Å². The number of carbonyl (C=O) groups is 1. The van der Waals surface area contributed by atoms with Gasteiger partial charge in [-0.1, -0.05) is 18.2 Å². The summed E-state index contributed by atoms with van der Waals surface area (Å²) < 4.78 is 44.9. The molecule has 1 aromatic carbocycles. The molecule has 35 heavy (non-hydrogen) atoms. The van der Waals surface area contributed by atoms with Crippen molar-refractivity contribution < 1.29 is 22.7 Å². The molecule has 2 aliphatic heterocycles. The SMILES string of the molecule is COC(=O)C1=C(CN2CC(F)(F)CC2/C(N)=N/N)NC(c2nccs2)=NC1C.Fc1ccccc1. The van der Waals surface area contributed by atoms with E-state index in [0.717, 1.165) is 0 Å². The van der Waals surface area contributed by atoms with Crippen LogP contribution in [0.15, 0.2) is 63.3 Å². The predicted octanol–water partition coefficient (Wildman–Crippen LogP) is 2.07. The monoisotopic (exact) mass is 509 g/mol. The number of hydrazone groups is 1. The van der Waals surface area contributed by atoms with Crippen LogP contribution in [0.3, 0.4) is 0 Å². The zero-order chi connectivity index (χ0) is 25.6. The lowest BCUT2D eigenvalue weighted by molar-refractivity contribution is -0.136. The van der Waals surface area contributed by atoms with Crippen LogP contribution in [0, 0.1) is 5.82 Å². The van der Waals surface area contributed by atoms with Gasteiger partial charge in [-0.05, 0) is 19.1 Å². The van der Waals surface area contributed by atoms with Crippen molar-refractivity contribution in [2.45, 2.75) is 31.4 Å². The largest absolute Gasteiger partial charge is 0.466 e. The van der Waals surface area contributed by atoms with Gasteiger partial charge >= 0.3 is 5.97 Å². The molecule has 1 fully saturated rings. The standard InChI is InChI=1S/C16H21F2N7O2S.C6H5F/c1-8-11(15(26)27-2)9(23-13(22-8)14-21-3-4-28-14)6-25-7-16(17,18)5-10(25)12(19)24-20;7-6-4-2-1-3-5-6/h3-4,8,10H,5-7,20H2,1-2H3,(H2,19,24)(H,22,23);1-5H. The minimum atomic E-state index is -2.95. The highest BCUT2D eigenvalue weighted by atomic mass is 32.1. The van der Waals surface area contributed by atoms with Gasteiger partial charge in [-0.3, -0.25) is 9.89 Å². The van der Waals surface area contributed by atoms with Crippen molar-refractivity contribution in [3.05, 3.63) is 64.0 Å². The van der Waals surface area contributed by atoms with Crippen molar-refractivity contribution in [3.8, 4) is 0 Å². The number of nitrogens with zero attached hydrogens (tertiary/aromatic N) is 4. The number of benzene rings is 1. The highest BCUT2D eigenvalue weighted by Crippen LogP contribution is 2.33. The maximum Gasteiger partial charge on any atom is 0.337 e. The van der Waals surface area contributed by atoms with Crippen molar-refractivity contribution in [3.63, 3.8) is 0 Å². The van der Waals surface area contributed by atoms with E-state index in [9.17, 15) is 18.0 Å². The fraction of sp³-hybridized carbons (Fsp3) is 0.364. The van der Waals surface area contributed by atoms with Gasteiger partial charge in [0.15, 0.2) is 10.8 Å². The number of thiazole rings is 1. The number of nitrogens with two attached hydrogens (primary N) is 2. The van der Waals surface area contributed by atoms with E-state index in [1.54, 1.807) is 36.7 Å². The lowest BCUT2D eigenvalue weighted by Gasteiger charge is -2.29. The van der Waals surface area contributed by atoms with Crippen molar-refractivity contribution in [1.29, 1.82) is 0 Å². The normalized spacial score (nSPS) is 22.1. The van der Waals surface area contributed by atoms with E-state index in [0.29, 0.717) is 16.5 Å². The van der Waals surface area contributed by atoms with Gasteiger partial charge in [0.25, 0.3) is 5.92 Å². The molecule has 2 aliphatic rings. The highest BCUT2D eigenvalue weighted by Gasteiger charge is 2.47. The molecule has 2 unspecified atom stereocenters. The van der Waals surface area contributed by atoms with Crippen LogP contribution in [0.4, 0.5) is 13.2 Å². The first-order valence-corrected chi connectivity index (χ1v) is 11.4. The molecule has 13 heteroatoms. The van der Waals surface area contributed by atoms with E-state index >= 15 is 0 Å². The summed E-state index contributed by atoms with van der Waals surface area (Å²) >= 11 is 1.37. The van der Waals surface area contributed by atoms with Crippen molar-refractivity contribution in [1.82, 2.24) is 15.2 Å². The number of aliphatic imine (C=N–C) groups is 1. The van der Waals surface area contributed by atoms with Crippen molar-refractivity contribution in [2.24, 2.45) is 21.7 Å². The number of alkyl halides is 2. The maximum atomic E-state index is 14.0. The van der Waals surface area contributed by atoms with Crippen LogP contribution >= 0.6 is 11.3 Å². The fourth-order valence-corrected chi connectivity index (χ4v) is 4.36. The third-order valence-corrected chi connectivity index (χ3v) is 6.11. The maximum absolute atomic E-state index is 14.0. The van der Waals surface area contributed by atoms with Crippen LogP contribution in [0.25, 0.3) is 0 Å². The number of hydrogen-bond acceptors (Lipinski definition) is 9. The molecule has 188 valence electrons. The molecule has 0 amide bonds. The summed E-state index contributed by atoms with van der Waals surface area (Å²) in [5, 5.41) is 8.86. The number of rotatable bonds is 5. The number of halogens is 3. The quantitative estimate of drug-likeness (QED) is 0.185. The topological polar surface area (TPSA) is 131 Å². The second-order valence-corrected chi connectivity index (χ2v) is 8.72. The molecule has 2 atom stereocenters. The zero-order valence-corrected chi connectivity index (χ0v) is 19.9. The highest BCUT2D eigenvalue weighted by molar-refractivity contribution is 7.11. The Hall–Kier alpha value is -3.45. The fourth-order valence-electron chi connectivity index (χ4n) is 3.78. The van der Waals surface area contributed by atoms with E-state index in [2.05, 4.69) is 20.4 Å². The van der Waals surface area contributed by atoms with E-state index in [4.69, 9.17) is 16.3 Å². The Morgan fingerprint density at radius 1 is 1.37 bits per heavy atom. The molecule has 2 aromatic rings. The van der Waals surface area contributed by atoms with E-state index < -0.39 is 36.9 Å². The van der Waals surface area contributed by atoms with Gasteiger partial charge in [0.1, 0.15) is 11.7 Å². The Labute approximate surface area is 204 Å². The van der Waals surface area contributed by atoms with Gasteiger partial charge in [0.05, 0.1) is 31.3 Å². The van der Waals surface area contributed by atoms with Crippen molar-refractivity contribution >= 4 is 29.0 Å². The molecule has 5 N–H and O–H groups in total. The number of amidine groups is 2. The third-order valence-electron chi connectivity index (χ3n) is 5.33.